The van der Waals surface area contributed by atoms with Crippen LogP contribution in [0.2, 0.25) is 0 Å². The number of fused-ring (bicyclic) bond motifs is 1. The third-order valence-corrected chi connectivity index (χ3v) is 8.03. The highest BCUT2D eigenvalue weighted by Gasteiger charge is 2.30. The lowest BCUT2D eigenvalue weighted by Gasteiger charge is -2.38. The second-order valence-corrected chi connectivity index (χ2v) is 11.4. The number of carbonyl (C=O) groups is 2. The van der Waals surface area contributed by atoms with Gasteiger partial charge in [-0.3, -0.25) is 4.79 Å². The minimum atomic E-state index is -0.0170. The van der Waals surface area contributed by atoms with E-state index in [4.69, 9.17) is 4.98 Å². The zero-order valence-electron chi connectivity index (χ0n) is 21.1. The van der Waals surface area contributed by atoms with Crippen molar-refractivity contribution in [1.29, 1.82) is 0 Å². The molecule has 0 bridgehead atoms. The molecule has 5 rings (SSSR count). The molecular weight excluding hydrogens is 460 g/mol. The maximum atomic E-state index is 13.8. The molecule has 2 saturated heterocycles. The second kappa shape index (κ2) is 9.60. The van der Waals surface area contributed by atoms with Crippen LogP contribution in [0.1, 0.15) is 59.3 Å². The summed E-state index contributed by atoms with van der Waals surface area (Å²) in [7, 11) is 0. The molecule has 0 unspecified atom stereocenters. The zero-order chi connectivity index (χ0) is 24.7. The van der Waals surface area contributed by atoms with Gasteiger partial charge < -0.3 is 14.7 Å². The van der Waals surface area contributed by atoms with Crippen molar-refractivity contribution >= 4 is 34.3 Å². The number of amides is 3. The summed E-state index contributed by atoms with van der Waals surface area (Å²) in [5.41, 5.74) is 3.25. The number of urea groups is 1. The Labute approximate surface area is 210 Å². The van der Waals surface area contributed by atoms with Crippen molar-refractivity contribution in [3.05, 3.63) is 33.6 Å². The number of nitrogens with zero attached hydrogens (tertiary/aromatic N) is 6. The SMILES string of the molecule is Cc1cc(-c2cc(C(=O)N3CCN(C(=O)N4CCCCC4)CC3)c3cnn(C(C)C)c3n2)c(C)s1. The van der Waals surface area contributed by atoms with E-state index in [1.165, 1.54) is 16.2 Å². The Morgan fingerprint density at radius 1 is 0.914 bits per heavy atom. The van der Waals surface area contributed by atoms with E-state index in [0.717, 1.165) is 48.2 Å². The Hall–Kier alpha value is -2.94. The lowest BCUT2D eigenvalue weighted by Crippen LogP contribution is -2.54. The van der Waals surface area contributed by atoms with Gasteiger partial charge in [-0.25, -0.2) is 14.5 Å². The number of rotatable bonds is 3. The maximum absolute atomic E-state index is 13.8. The molecule has 8 nitrogen and oxygen atoms in total. The Morgan fingerprint density at radius 3 is 2.20 bits per heavy atom. The quantitative estimate of drug-likeness (QED) is 0.528. The van der Waals surface area contributed by atoms with E-state index in [9.17, 15) is 9.59 Å². The van der Waals surface area contributed by atoms with Gasteiger partial charge in [-0.2, -0.15) is 5.10 Å². The van der Waals surface area contributed by atoms with Crippen LogP contribution in [0.25, 0.3) is 22.3 Å². The van der Waals surface area contributed by atoms with Crippen LogP contribution in [-0.2, 0) is 0 Å². The first kappa shape index (κ1) is 23.8. The average Bonchev–Trinajstić information content (AvgIpc) is 3.45. The molecule has 2 aliphatic heterocycles. The lowest BCUT2D eigenvalue weighted by molar-refractivity contribution is 0.0634. The number of piperazine rings is 1. The smallest absolute Gasteiger partial charge is 0.320 e. The highest BCUT2D eigenvalue weighted by Crippen LogP contribution is 2.33. The van der Waals surface area contributed by atoms with Gasteiger partial charge in [0.1, 0.15) is 0 Å². The van der Waals surface area contributed by atoms with Crippen molar-refractivity contribution in [2.24, 2.45) is 0 Å². The van der Waals surface area contributed by atoms with Crippen LogP contribution in [0.3, 0.4) is 0 Å². The van der Waals surface area contributed by atoms with Gasteiger partial charge >= 0.3 is 6.03 Å². The fourth-order valence-electron chi connectivity index (χ4n) is 5.15. The third-order valence-electron chi connectivity index (χ3n) is 7.07. The number of aromatic nitrogens is 3. The molecule has 3 amide bonds. The molecule has 0 saturated carbocycles. The van der Waals surface area contributed by atoms with Gasteiger partial charge in [0.25, 0.3) is 5.91 Å². The molecule has 0 aliphatic carbocycles. The molecular formula is C26H34N6O2S. The predicted octanol–water partition coefficient (Wildman–Crippen LogP) is 4.72. The van der Waals surface area contributed by atoms with Crippen molar-refractivity contribution in [2.45, 2.75) is 53.0 Å². The summed E-state index contributed by atoms with van der Waals surface area (Å²) in [4.78, 5) is 39.8. The number of hydrogen-bond donors (Lipinski definition) is 0. The molecule has 5 heterocycles. The first-order valence-corrected chi connectivity index (χ1v) is 13.4. The molecule has 0 aromatic carbocycles. The van der Waals surface area contributed by atoms with Crippen molar-refractivity contribution in [1.82, 2.24) is 29.5 Å². The van der Waals surface area contributed by atoms with Crippen LogP contribution in [0.15, 0.2) is 18.3 Å². The highest BCUT2D eigenvalue weighted by atomic mass is 32.1. The van der Waals surface area contributed by atoms with Gasteiger partial charge in [-0.05, 0) is 59.1 Å². The van der Waals surface area contributed by atoms with Crippen LogP contribution < -0.4 is 0 Å². The van der Waals surface area contributed by atoms with Crippen LogP contribution in [-0.4, -0.2) is 80.7 Å². The minimum Gasteiger partial charge on any atom is -0.335 e. The number of aryl methyl sites for hydroxylation is 2. The number of piperidine rings is 1. The van der Waals surface area contributed by atoms with Gasteiger partial charge in [-0.15, -0.1) is 11.3 Å². The maximum Gasteiger partial charge on any atom is 0.320 e. The van der Waals surface area contributed by atoms with Crippen LogP contribution >= 0.6 is 11.3 Å². The first-order valence-electron chi connectivity index (χ1n) is 12.6. The molecule has 186 valence electrons. The molecule has 3 aromatic rings. The first-order chi connectivity index (χ1) is 16.8. The summed E-state index contributed by atoms with van der Waals surface area (Å²) < 4.78 is 1.89. The molecule has 2 aliphatic rings. The van der Waals surface area contributed by atoms with Crippen molar-refractivity contribution in [3.63, 3.8) is 0 Å². The van der Waals surface area contributed by atoms with E-state index < -0.39 is 0 Å². The fraction of sp³-hybridized carbons (Fsp3) is 0.538. The monoisotopic (exact) mass is 494 g/mol. The summed E-state index contributed by atoms with van der Waals surface area (Å²) in [5, 5.41) is 5.34. The summed E-state index contributed by atoms with van der Waals surface area (Å²) >= 11 is 1.74. The second-order valence-electron chi connectivity index (χ2n) is 9.91. The van der Waals surface area contributed by atoms with Crippen molar-refractivity contribution < 1.29 is 9.59 Å². The van der Waals surface area contributed by atoms with E-state index in [0.29, 0.717) is 31.7 Å². The van der Waals surface area contributed by atoms with Gasteiger partial charge in [-0.1, -0.05) is 0 Å². The van der Waals surface area contributed by atoms with Gasteiger partial charge in [0, 0.05) is 60.6 Å². The molecule has 35 heavy (non-hydrogen) atoms. The van der Waals surface area contributed by atoms with E-state index in [1.54, 1.807) is 17.5 Å². The summed E-state index contributed by atoms with van der Waals surface area (Å²) in [6.07, 6.45) is 5.13. The van der Waals surface area contributed by atoms with E-state index >= 15 is 0 Å². The average molecular weight is 495 g/mol. The number of carbonyl (C=O) groups excluding carboxylic acids is 2. The van der Waals surface area contributed by atoms with Gasteiger partial charge in [0.15, 0.2) is 5.65 Å². The number of hydrogen-bond acceptors (Lipinski definition) is 5. The Bertz CT molecular complexity index is 1250. The lowest BCUT2D eigenvalue weighted by atomic mass is 10.1. The van der Waals surface area contributed by atoms with Crippen LogP contribution in [0, 0.1) is 13.8 Å². The molecule has 0 atom stereocenters. The van der Waals surface area contributed by atoms with Gasteiger partial charge in [0.05, 0.1) is 22.8 Å². The van der Waals surface area contributed by atoms with E-state index in [-0.39, 0.29) is 18.0 Å². The van der Waals surface area contributed by atoms with Crippen LogP contribution in [0.5, 0.6) is 0 Å². The largest absolute Gasteiger partial charge is 0.335 e. The Balaban J connectivity index is 1.42. The normalized spacial score (nSPS) is 17.0. The summed E-state index contributed by atoms with van der Waals surface area (Å²) in [6, 6.07) is 4.32. The Morgan fingerprint density at radius 2 is 1.57 bits per heavy atom. The highest BCUT2D eigenvalue weighted by molar-refractivity contribution is 7.12. The molecule has 9 heteroatoms. The van der Waals surface area contributed by atoms with E-state index in [2.05, 4.69) is 38.9 Å². The number of pyridine rings is 1. The van der Waals surface area contributed by atoms with Gasteiger partial charge in [0.2, 0.25) is 0 Å². The fourth-order valence-corrected chi connectivity index (χ4v) is 6.09. The molecule has 3 aromatic heterocycles. The third kappa shape index (κ3) is 4.53. The summed E-state index contributed by atoms with van der Waals surface area (Å²) in [6.45, 7) is 12.2. The number of likely N-dealkylation sites (tertiary alicyclic amines) is 1. The number of thiophene rings is 1. The van der Waals surface area contributed by atoms with Crippen molar-refractivity contribution in [2.75, 3.05) is 39.3 Å². The van der Waals surface area contributed by atoms with Crippen molar-refractivity contribution in [3.8, 4) is 11.3 Å². The van der Waals surface area contributed by atoms with E-state index in [1.807, 2.05) is 25.4 Å². The topological polar surface area (TPSA) is 74.6 Å². The zero-order valence-corrected chi connectivity index (χ0v) is 21.9. The Kier molecular flexibility index (Phi) is 6.53. The minimum absolute atomic E-state index is 0.0170. The predicted molar refractivity (Wildman–Crippen MR) is 139 cm³/mol. The standard InChI is InChI=1S/C26H34N6O2S/c1-17(2)32-24-22(16-27-32)21(15-23(28-24)20-14-18(3)35-19(20)4)25(33)29-10-12-31(13-11-29)26(34)30-8-6-5-7-9-30/h14-17H,5-13H2,1-4H3. The molecule has 0 N–H and O–H groups in total. The van der Waals surface area contributed by atoms with Crippen LogP contribution in [0.4, 0.5) is 4.79 Å². The summed E-state index contributed by atoms with van der Waals surface area (Å²) in [5.74, 6) is -0.0170. The molecule has 0 radical (unpaired) electrons. The molecule has 0 spiro atoms. The molecule has 2 fully saturated rings.